The van der Waals surface area contributed by atoms with Gasteiger partial charge in [0.05, 0.1) is 18.6 Å². The number of thioether (sulfide) groups is 1. The van der Waals surface area contributed by atoms with Crippen LogP contribution in [0.1, 0.15) is 17.1 Å². The van der Waals surface area contributed by atoms with Crippen LogP contribution in [0.25, 0.3) is 0 Å². The number of amides is 1. The minimum Gasteiger partial charge on any atom is -0.497 e. The highest BCUT2D eigenvalue weighted by molar-refractivity contribution is 7.99. The van der Waals surface area contributed by atoms with Crippen LogP contribution in [0.3, 0.4) is 0 Å². The molecule has 0 unspecified atom stereocenters. The molecule has 9 heteroatoms. The molecule has 0 bridgehead atoms. The fourth-order valence-corrected chi connectivity index (χ4v) is 3.68. The van der Waals surface area contributed by atoms with Crippen molar-refractivity contribution in [2.24, 2.45) is 7.05 Å². The van der Waals surface area contributed by atoms with Gasteiger partial charge in [0, 0.05) is 18.8 Å². The topological polar surface area (TPSA) is 81.9 Å². The molecule has 2 heterocycles. The monoisotopic (exact) mass is 389 g/mol. The smallest absolute Gasteiger partial charge is 0.236 e. The van der Waals surface area contributed by atoms with Crippen LogP contribution in [0.15, 0.2) is 34.8 Å². The quantitative estimate of drug-likeness (QED) is 0.626. The van der Waals surface area contributed by atoms with Crippen molar-refractivity contribution in [3.63, 3.8) is 0 Å². The molecule has 0 spiro atoms. The first-order valence-corrected chi connectivity index (χ1v) is 9.77. The summed E-state index contributed by atoms with van der Waals surface area (Å²) in [6, 6.07) is 7.85. The van der Waals surface area contributed by atoms with E-state index in [1.165, 1.54) is 23.1 Å². The third-order valence-electron chi connectivity index (χ3n) is 3.64. The Bertz CT molecular complexity index is 889. The van der Waals surface area contributed by atoms with Crippen molar-refractivity contribution < 1.29 is 9.53 Å². The van der Waals surface area contributed by atoms with Crippen LogP contribution in [0.2, 0.25) is 0 Å². The molecule has 136 valence electrons. The van der Waals surface area contributed by atoms with E-state index in [0.29, 0.717) is 16.7 Å². The minimum atomic E-state index is -0.107. The lowest BCUT2D eigenvalue weighted by Gasteiger charge is -2.05. The van der Waals surface area contributed by atoms with Crippen molar-refractivity contribution in [3.8, 4) is 5.75 Å². The third kappa shape index (κ3) is 4.61. The van der Waals surface area contributed by atoms with Gasteiger partial charge in [0.15, 0.2) is 10.3 Å². The number of anilines is 1. The van der Waals surface area contributed by atoms with Crippen molar-refractivity contribution in [3.05, 3.63) is 46.7 Å². The predicted octanol–water partition coefficient (Wildman–Crippen LogP) is 2.91. The number of ether oxygens (including phenoxy) is 1. The zero-order chi connectivity index (χ0) is 18.5. The number of carbonyl (C=O) groups excluding carboxylic acids is 1. The molecule has 0 aliphatic carbocycles. The maximum absolute atomic E-state index is 12.0. The number of aromatic nitrogens is 4. The molecular weight excluding hydrogens is 370 g/mol. The van der Waals surface area contributed by atoms with Gasteiger partial charge < -0.3 is 14.6 Å². The van der Waals surface area contributed by atoms with E-state index in [2.05, 4.69) is 20.5 Å². The van der Waals surface area contributed by atoms with Gasteiger partial charge in [0.25, 0.3) is 0 Å². The Morgan fingerprint density at radius 2 is 2.08 bits per heavy atom. The van der Waals surface area contributed by atoms with Gasteiger partial charge in [-0.1, -0.05) is 23.9 Å². The van der Waals surface area contributed by atoms with Crippen molar-refractivity contribution in [2.75, 3.05) is 18.2 Å². The first-order chi connectivity index (χ1) is 12.5. The largest absolute Gasteiger partial charge is 0.497 e. The third-order valence-corrected chi connectivity index (χ3v) is 5.54. The molecule has 0 saturated heterocycles. The summed E-state index contributed by atoms with van der Waals surface area (Å²) in [7, 11) is 3.55. The first-order valence-electron chi connectivity index (χ1n) is 7.91. The number of carbonyl (C=O) groups is 1. The SMILES string of the molecule is COc1ccc(Cc2nnc(SCC(=O)Nc3nc(C)cs3)n2C)cc1. The van der Waals surface area contributed by atoms with E-state index in [9.17, 15) is 4.79 Å². The number of methoxy groups -OCH3 is 1. The number of thiazole rings is 1. The van der Waals surface area contributed by atoms with E-state index >= 15 is 0 Å². The summed E-state index contributed by atoms with van der Waals surface area (Å²) in [6.07, 6.45) is 0.665. The lowest BCUT2D eigenvalue weighted by atomic mass is 10.1. The summed E-state index contributed by atoms with van der Waals surface area (Å²) in [5.74, 6) is 1.81. The van der Waals surface area contributed by atoms with E-state index in [1.807, 2.05) is 48.2 Å². The zero-order valence-electron chi connectivity index (χ0n) is 14.7. The highest BCUT2D eigenvalue weighted by Gasteiger charge is 2.13. The van der Waals surface area contributed by atoms with Gasteiger partial charge in [-0.05, 0) is 24.6 Å². The number of nitrogens with zero attached hydrogens (tertiary/aromatic N) is 4. The van der Waals surface area contributed by atoms with Crippen LogP contribution in [-0.2, 0) is 18.3 Å². The molecule has 3 rings (SSSR count). The minimum absolute atomic E-state index is 0.107. The van der Waals surface area contributed by atoms with Gasteiger partial charge >= 0.3 is 0 Å². The summed E-state index contributed by atoms with van der Waals surface area (Å²) < 4.78 is 7.08. The van der Waals surface area contributed by atoms with E-state index in [4.69, 9.17) is 4.74 Å². The van der Waals surface area contributed by atoms with Crippen LogP contribution < -0.4 is 10.1 Å². The van der Waals surface area contributed by atoms with Crippen LogP contribution >= 0.6 is 23.1 Å². The molecular formula is C17H19N5O2S2. The van der Waals surface area contributed by atoms with Crippen LogP contribution in [0, 0.1) is 6.92 Å². The molecule has 0 aliphatic rings. The fourth-order valence-electron chi connectivity index (χ4n) is 2.25. The Morgan fingerprint density at radius 1 is 1.31 bits per heavy atom. The Labute approximate surface area is 159 Å². The maximum Gasteiger partial charge on any atom is 0.236 e. The molecule has 0 aliphatic heterocycles. The highest BCUT2D eigenvalue weighted by Crippen LogP contribution is 2.20. The first kappa shape index (κ1) is 18.4. The second-order valence-electron chi connectivity index (χ2n) is 5.61. The summed E-state index contributed by atoms with van der Waals surface area (Å²) in [5.41, 5.74) is 2.02. The Kier molecular flexibility index (Phi) is 5.89. The van der Waals surface area contributed by atoms with E-state index in [-0.39, 0.29) is 11.7 Å². The Balaban J connectivity index is 1.56. The Morgan fingerprint density at radius 3 is 2.73 bits per heavy atom. The molecule has 0 saturated carbocycles. The van der Waals surface area contributed by atoms with Gasteiger partial charge in [-0.3, -0.25) is 4.79 Å². The van der Waals surface area contributed by atoms with Crippen molar-refractivity contribution in [2.45, 2.75) is 18.5 Å². The van der Waals surface area contributed by atoms with Crippen LogP contribution in [-0.4, -0.2) is 38.5 Å². The van der Waals surface area contributed by atoms with E-state index in [1.54, 1.807) is 7.11 Å². The van der Waals surface area contributed by atoms with Crippen molar-refractivity contribution in [1.82, 2.24) is 19.7 Å². The number of nitrogens with one attached hydrogen (secondary N) is 1. The van der Waals surface area contributed by atoms with Gasteiger partial charge in [0.2, 0.25) is 5.91 Å². The number of hydrogen-bond acceptors (Lipinski definition) is 7. The van der Waals surface area contributed by atoms with Gasteiger partial charge in [-0.2, -0.15) is 0 Å². The second kappa shape index (κ2) is 8.33. The molecule has 7 nitrogen and oxygen atoms in total. The second-order valence-corrected chi connectivity index (χ2v) is 7.41. The summed E-state index contributed by atoms with van der Waals surface area (Å²) in [4.78, 5) is 16.3. The van der Waals surface area contributed by atoms with E-state index in [0.717, 1.165) is 22.8 Å². The van der Waals surface area contributed by atoms with Crippen LogP contribution in [0.5, 0.6) is 5.75 Å². The Hall–Kier alpha value is -2.39. The summed E-state index contributed by atoms with van der Waals surface area (Å²) in [6.45, 7) is 1.89. The number of hydrogen-bond donors (Lipinski definition) is 1. The van der Waals surface area contributed by atoms with Crippen molar-refractivity contribution in [1.29, 1.82) is 0 Å². The average molecular weight is 390 g/mol. The summed E-state index contributed by atoms with van der Waals surface area (Å²) in [5, 5.41) is 14.4. The van der Waals surface area contributed by atoms with Gasteiger partial charge in [-0.15, -0.1) is 21.5 Å². The van der Waals surface area contributed by atoms with Crippen molar-refractivity contribution >= 4 is 34.1 Å². The average Bonchev–Trinajstić information content (AvgIpc) is 3.20. The number of aryl methyl sites for hydroxylation is 1. The van der Waals surface area contributed by atoms with Gasteiger partial charge in [0.1, 0.15) is 11.6 Å². The normalized spacial score (nSPS) is 10.7. The standard InChI is InChI=1S/C17H19N5O2S2/c1-11-9-25-16(18-11)19-15(23)10-26-17-21-20-14(22(17)2)8-12-4-6-13(24-3)7-5-12/h4-7,9H,8,10H2,1-3H3,(H,18,19,23). The number of rotatable bonds is 7. The molecule has 1 amide bonds. The highest BCUT2D eigenvalue weighted by atomic mass is 32.2. The summed E-state index contributed by atoms with van der Waals surface area (Å²) >= 11 is 2.77. The molecule has 1 aromatic carbocycles. The van der Waals surface area contributed by atoms with Gasteiger partial charge in [-0.25, -0.2) is 4.98 Å². The molecule has 2 aromatic heterocycles. The molecule has 1 N–H and O–H groups in total. The molecule has 3 aromatic rings. The molecule has 0 fully saturated rings. The maximum atomic E-state index is 12.0. The lowest BCUT2D eigenvalue weighted by molar-refractivity contribution is -0.113. The van der Waals surface area contributed by atoms with E-state index < -0.39 is 0 Å². The lowest BCUT2D eigenvalue weighted by Crippen LogP contribution is -2.14. The number of benzene rings is 1. The molecule has 0 atom stereocenters. The fraction of sp³-hybridized carbons (Fsp3) is 0.294. The molecule has 0 radical (unpaired) electrons. The predicted molar refractivity (Wildman–Crippen MR) is 103 cm³/mol. The zero-order valence-corrected chi connectivity index (χ0v) is 16.4. The molecule has 26 heavy (non-hydrogen) atoms. The van der Waals surface area contributed by atoms with Crippen LogP contribution in [0.4, 0.5) is 5.13 Å².